The van der Waals surface area contributed by atoms with E-state index in [9.17, 15) is 14.0 Å². The highest BCUT2D eigenvalue weighted by molar-refractivity contribution is 5.78. The molecule has 1 fully saturated rings. The smallest absolute Gasteiger partial charge is 0.222 e. The van der Waals surface area contributed by atoms with E-state index in [4.69, 9.17) is 4.74 Å². The summed E-state index contributed by atoms with van der Waals surface area (Å²) in [6.07, 6.45) is 3.25. The van der Waals surface area contributed by atoms with E-state index in [0.717, 1.165) is 12.8 Å². The number of carbonyl (C=O) groups excluding carboxylic acids is 2. The van der Waals surface area contributed by atoms with Crippen LogP contribution in [0.5, 0.6) is 5.75 Å². The summed E-state index contributed by atoms with van der Waals surface area (Å²) in [6.45, 7) is 2.71. The monoisotopic (exact) mass is 412 g/mol. The van der Waals surface area contributed by atoms with Crippen molar-refractivity contribution < 1.29 is 18.7 Å². The number of nitrogens with zero attached hydrogens (tertiary/aromatic N) is 2. The summed E-state index contributed by atoms with van der Waals surface area (Å²) in [7, 11) is 0. The SMILES string of the molecule is O=C(CCCOc1cccc(F)c1)N1CCN(C(=O)CCCc2ccccc2)CC1. The molecule has 30 heavy (non-hydrogen) atoms. The van der Waals surface area contributed by atoms with Crippen LogP contribution in [0.3, 0.4) is 0 Å². The van der Waals surface area contributed by atoms with Gasteiger partial charge in [0.15, 0.2) is 0 Å². The molecule has 2 aromatic rings. The van der Waals surface area contributed by atoms with Gasteiger partial charge in [-0.2, -0.15) is 0 Å². The van der Waals surface area contributed by atoms with Crippen LogP contribution in [-0.4, -0.2) is 54.4 Å². The Balaban J connectivity index is 1.29. The van der Waals surface area contributed by atoms with Crippen LogP contribution in [0, 0.1) is 5.82 Å². The molecule has 0 N–H and O–H groups in total. The van der Waals surface area contributed by atoms with Crippen molar-refractivity contribution in [2.75, 3.05) is 32.8 Å². The second-order valence-corrected chi connectivity index (χ2v) is 7.51. The van der Waals surface area contributed by atoms with E-state index in [-0.39, 0.29) is 17.6 Å². The number of hydrogen-bond donors (Lipinski definition) is 0. The minimum Gasteiger partial charge on any atom is -0.493 e. The minimum absolute atomic E-state index is 0.0778. The maximum Gasteiger partial charge on any atom is 0.222 e. The predicted octanol–water partition coefficient (Wildman–Crippen LogP) is 3.68. The fraction of sp³-hybridized carbons (Fsp3) is 0.417. The lowest BCUT2D eigenvalue weighted by Gasteiger charge is -2.35. The average Bonchev–Trinajstić information content (AvgIpc) is 2.77. The van der Waals surface area contributed by atoms with Gasteiger partial charge in [0.05, 0.1) is 6.61 Å². The number of halogens is 1. The molecular weight excluding hydrogens is 383 g/mol. The second-order valence-electron chi connectivity index (χ2n) is 7.51. The van der Waals surface area contributed by atoms with Gasteiger partial charge in [-0.3, -0.25) is 9.59 Å². The number of rotatable bonds is 9. The van der Waals surface area contributed by atoms with Crippen molar-refractivity contribution >= 4 is 11.8 Å². The number of benzene rings is 2. The van der Waals surface area contributed by atoms with Gasteiger partial charge in [-0.15, -0.1) is 0 Å². The molecular formula is C24H29FN2O3. The Kier molecular flexibility index (Phi) is 8.24. The standard InChI is InChI=1S/C24H29FN2O3/c25-21-10-5-11-22(19-21)30-18-6-13-24(29)27-16-14-26(15-17-27)23(28)12-4-9-20-7-2-1-3-8-20/h1-3,5,7-8,10-11,19H,4,6,9,12-18H2. The summed E-state index contributed by atoms with van der Waals surface area (Å²) in [5, 5.41) is 0. The molecule has 0 aliphatic carbocycles. The molecule has 0 spiro atoms. The van der Waals surface area contributed by atoms with E-state index in [1.165, 1.54) is 17.7 Å². The lowest BCUT2D eigenvalue weighted by atomic mass is 10.1. The van der Waals surface area contributed by atoms with E-state index < -0.39 is 0 Å². The molecule has 1 saturated heterocycles. The van der Waals surface area contributed by atoms with Crippen molar-refractivity contribution in [3.8, 4) is 5.75 Å². The summed E-state index contributed by atoms with van der Waals surface area (Å²) >= 11 is 0. The zero-order chi connectivity index (χ0) is 21.2. The summed E-state index contributed by atoms with van der Waals surface area (Å²) in [5.41, 5.74) is 1.25. The highest BCUT2D eigenvalue weighted by atomic mass is 19.1. The fourth-order valence-corrected chi connectivity index (χ4v) is 3.58. The molecule has 0 atom stereocenters. The molecule has 0 bridgehead atoms. The lowest BCUT2D eigenvalue weighted by Crippen LogP contribution is -2.50. The van der Waals surface area contributed by atoms with Crippen LogP contribution >= 0.6 is 0 Å². The topological polar surface area (TPSA) is 49.9 Å². The Morgan fingerprint density at radius 1 is 0.833 bits per heavy atom. The first-order chi connectivity index (χ1) is 14.6. The van der Waals surface area contributed by atoms with E-state index in [1.807, 2.05) is 28.0 Å². The van der Waals surface area contributed by atoms with Crippen LogP contribution < -0.4 is 4.74 Å². The average molecular weight is 413 g/mol. The number of aryl methyl sites for hydroxylation is 1. The quantitative estimate of drug-likeness (QED) is 0.591. The summed E-state index contributed by atoms with van der Waals surface area (Å²) in [6, 6.07) is 16.2. The van der Waals surface area contributed by atoms with Gasteiger partial charge in [0, 0.05) is 45.1 Å². The molecule has 2 amide bonds. The van der Waals surface area contributed by atoms with Gasteiger partial charge in [-0.1, -0.05) is 36.4 Å². The number of hydrogen-bond acceptors (Lipinski definition) is 3. The van der Waals surface area contributed by atoms with Gasteiger partial charge < -0.3 is 14.5 Å². The molecule has 1 aliphatic rings. The van der Waals surface area contributed by atoms with Crippen LogP contribution in [0.25, 0.3) is 0 Å². The highest BCUT2D eigenvalue weighted by Crippen LogP contribution is 2.13. The zero-order valence-electron chi connectivity index (χ0n) is 17.3. The van der Waals surface area contributed by atoms with Gasteiger partial charge in [0.1, 0.15) is 11.6 Å². The van der Waals surface area contributed by atoms with E-state index in [0.29, 0.717) is 57.8 Å². The number of carbonyl (C=O) groups is 2. The Hall–Kier alpha value is -2.89. The molecule has 2 aromatic carbocycles. The van der Waals surface area contributed by atoms with Gasteiger partial charge in [-0.25, -0.2) is 4.39 Å². The van der Waals surface area contributed by atoms with Crippen molar-refractivity contribution in [3.05, 3.63) is 66.0 Å². The molecule has 3 rings (SSSR count). The van der Waals surface area contributed by atoms with E-state index in [1.54, 1.807) is 12.1 Å². The Labute approximate surface area is 177 Å². The van der Waals surface area contributed by atoms with Crippen LogP contribution in [0.4, 0.5) is 4.39 Å². The summed E-state index contributed by atoms with van der Waals surface area (Å²) < 4.78 is 18.6. The molecule has 5 nitrogen and oxygen atoms in total. The first-order valence-corrected chi connectivity index (χ1v) is 10.6. The third-order valence-electron chi connectivity index (χ3n) is 5.28. The molecule has 160 valence electrons. The van der Waals surface area contributed by atoms with Crippen LogP contribution in [0.1, 0.15) is 31.2 Å². The summed E-state index contributed by atoms with van der Waals surface area (Å²) in [4.78, 5) is 28.5. The largest absolute Gasteiger partial charge is 0.493 e. The van der Waals surface area contributed by atoms with Gasteiger partial charge in [-0.05, 0) is 37.0 Å². The molecule has 1 heterocycles. The van der Waals surface area contributed by atoms with Crippen molar-refractivity contribution in [3.63, 3.8) is 0 Å². The van der Waals surface area contributed by atoms with Crippen molar-refractivity contribution in [1.82, 2.24) is 9.80 Å². The molecule has 0 unspecified atom stereocenters. The Bertz CT molecular complexity index is 820. The zero-order valence-corrected chi connectivity index (χ0v) is 17.3. The Morgan fingerprint density at radius 3 is 2.10 bits per heavy atom. The van der Waals surface area contributed by atoms with Gasteiger partial charge >= 0.3 is 0 Å². The molecule has 1 aliphatic heterocycles. The lowest BCUT2D eigenvalue weighted by molar-refractivity contribution is -0.139. The highest BCUT2D eigenvalue weighted by Gasteiger charge is 2.23. The van der Waals surface area contributed by atoms with E-state index >= 15 is 0 Å². The Morgan fingerprint density at radius 2 is 1.47 bits per heavy atom. The molecule has 6 heteroatoms. The first kappa shape index (κ1) is 21.8. The van der Waals surface area contributed by atoms with Crippen molar-refractivity contribution in [2.45, 2.75) is 32.1 Å². The number of amides is 2. The normalized spacial score (nSPS) is 13.9. The van der Waals surface area contributed by atoms with Gasteiger partial charge in [0.25, 0.3) is 0 Å². The number of ether oxygens (including phenoxy) is 1. The molecule has 0 aromatic heterocycles. The first-order valence-electron chi connectivity index (χ1n) is 10.6. The third-order valence-corrected chi connectivity index (χ3v) is 5.28. The van der Waals surface area contributed by atoms with Crippen molar-refractivity contribution in [2.24, 2.45) is 0 Å². The summed E-state index contributed by atoms with van der Waals surface area (Å²) in [5.74, 6) is 0.383. The van der Waals surface area contributed by atoms with Crippen LogP contribution in [0.2, 0.25) is 0 Å². The van der Waals surface area contributed by atoms with E-state index in [2.05, 4.69) is 12.1 Å². The molecule has 0 radical (unpaired) electrons. The third kappa shape index (κ3) is 6.87. The van der Waals surface area contributed by atoms with Crippen LogP contribution in [-0.2, 0) is 16.0 Å². The maximum atomic E-state index is 13.1. The molecule has 0 saturated carbocycles. The minimum atomic E-state index is -0.337. The fourth-order valence-electron chi connectivity index (χ4n) is 3.58. The second kappa shape index (κ2) is 11.3. The van der Waals surface area contributed by atoms with Gasteiger partial charge in [0.2, 0.25) is 11.8 Å². The van der Waals surface area contributed by atoms with Crippen molar-refractivity contribution in [1.29, 1.82) is 0 Å². The number of piperazine rings is 1. The maximum absolute atomic E-state index is 13.1. The van der Waals surface area contributed by atoms with Crippen LogP contribution in [0.15, 0.2) is 54.6 Å². The predicted molar refractivity (Wildman–Crippen MR) is 114 cm³/mol.